The first-order valence-corrected chi connectivity index (χ1v) is 3.52. The molecule has 0 unspecified atom stereocenters. The maximum Gasteiger partial charge on any atom is 0.0431 e. The summed E-state index contributed by atoms with van der Waals surface area (Å²) in [6.07, 6.45) is 6.08. The van der Waals surface area contributed by atoms with Gasteiger partial charge >= 0.3 is 0 Å². The summed E-state index contributed by atoms with van der Waals surface area (Å²) >= 11 is 0. The molecule has 0 heterocycles. The van der Waals surface area contributed by atoms with Gasteiger partial charge in [0.15, 0.2) is 0 Å². The molecular formula is C7H19ClO2. The molecular weight excluding hydrogens is 152 g/mol. The molecule has 0 spiro atoms. The van der Waals surface area contributed by atoms with Crippen LogP contribution in [0.4, 0.5) is 0 Å². The molecule has 0 radical (unpaired) electrons. The van der Waals surface area contributed by atoms with Crippen molar-refractivity contribution < 1.29 is 10.6 Å². The topological polar surface area (TPSA) is 51.7 Å². The molecule has 2 nitrogen and oxygen atoms in total. The van der Waals surface area contributed by atoms with E-state index in [9.17, 15) is 0 Å². The van der Waals surface area contributed by atoms with Gasteiger partial charge in [-0.15, -0.1) is 12.4 Å². The normalized spacial score (nSPS) is 7.80. The Kier molecular flexibility index (Phi) is 26.8. The molecule has 66 valence electrons. The average Bonchev–Trinajstić information content (AvgIpc) is 1.81. The van der Waals surface area contributed by atoms with Crippen LogP contribution in [0, 0.1) is 0 Å². The van der Waals surface area contributed by atoms with Crippen LogP contribution in [0.25, 0.3) is 0 Å². The number of hydrogen-bond acceptors (Lipinski definition) is 1. The number of unbranched alkanes of at least 4 members (excludes halogenated alkanes) is 4. The van der Waals surface area contributed by atoms with Crippen LogP contribution < -0.4 is 0 Å². The van der Waals surface area contributed by atoms with Gasteiger partial charge in [-0.2, -0.15) is 0 Å². The minimum Gasteiger partial charge on any atom is -0.412 e. The molecule has 0 aromatic carbocycles. The quantitative estimate of drug-likeness (QED) is 0.626. The van der Waals surface area contributed by atoms with Crippen LogP contribution in [0.5, 0.6) is 0 Å². The maximum atomic E-state index is 8.37. The zero-order valence-corrected chi connectivity index (χ0v) is 7.41. The first-order chi connectivity index (χ1) is 3.91. The summed E-state index contributed by atoms with van der Waals surface area (Å²) in [5.74, 6) is 0. The summed E-state index contributed by atoms with van der Waals surface area (Å²) < 4.78 is 0. The molecule has 0 aliphatic rings. The largest absolute Gasteiger partial charge is 0.412 e. The predicted octanol–water partition coefficient (Wildman–Crippen LogP) is 1.55. The highest BCUT2D eigenvalue weighted by Gasteiger charge is 1.84. The van der Waals surface area contributed by atoms with Crippen molar-refractivity contribution in [2.24, 2.45) is 0 Å². The number of aliphatic hydroxyl groups is 1. The van der Waals surface area contributed by atoms with Crippen molar-refractivity contribution in [3.05, 3.63) is 0 Å². The van der Waals surface area contributed by atoms with Gasteiger partial charge in [0, 0.05) is 6.61 Å². The van der Waals surface area contributed by atoms with Gasteiger partial charge in [0.2, 0.25) is 0 Å². The van der Waals surface area contributed by atoms with E-state index in [4.69, 9.17) is 5.11 Å². The van der Waals surface area contributed by atoms with E-state index in [1.807, 2.05) is 0 Å². The van der Waals surface area contributed by atoms with Crippen molar-refractivity contribution in [3.8, 4) is 0 Å². The second kappa shape index (κ2) is 16.1. The third kappa shape index (κ3) is 15.7. The van der Waals surface area contributed by atoms with E-state index in [1.54, 1.807) is 0 Å². The van der Waals surface area contributed by atoms with Gasteiger partial charge in [-0.25, -0.2) is 0 Å². The van der Waals surface area contributed by atoms with Crippen LogP contribution in [0.2, 0.25) is 0 Å². The summed E-state index contributed by atoms with van der Waals surface area (Å²) in [4.78, 5) is 0. The second-order valence-corrected chi connectivity index (χ2v) is 2.14. The van der Waals surface area contributed by atoms with Crippen molar-refractivity contribution in [3.63, 3.8) is 0 Å². The second-order valence-electron chi connectivity index (χ2n) is 2.14. The summed E-state index contributed by atoms with van der Waals surface area (Å²) in [6, 6.07) is 0. The van der Waals surface area contributed by atoms with E-state index < -0.39 is 0 Å². The number of rotatable bonds is 5. The standard InChI is InChI=1S/C7H16O.ClH.H2O/c1-2-3-4-5-6-7-8;;/h8H,2-7H2,1H3;1H;1H2. The Morgan fingerprint density at radius 1 is 1.00 bits per heavy atom. The lowest BCUT2D eigenvalue weighted by atomic mass is 10.2. The SMILES string of the molecule is CCCCCCCO.Cl.O. The fourth-order valence-electron chi connectivity index (χ4n) is 0.715. The monoisotopic (exact) mass is 170 g/mol. The van der Waals surface area contributed by atoms with Gasteiger partial charge in [0.1, 0.15) is 0 Å². The van der Waals surface area contributed by atoms with Crippen molar-refractivity contribution in [2.75, 3.05) is 6.61 Å². The summed E-state index contributed by atoms with van der Waals surface area (Å²) in [6.45, 7) is 2.56. The smallest absolute Gasteiger partial charge is 0.0431 e. The van der Waals surface area contributed by atoms with Crippen LogP contribution in [0.1, 0.15) is 39.0 Å². The molecule has 0 aliphatic heterocycles. The Labute approximate surface area is 69.4 Å². The molecule has 0 fully saturated rings. The predicted molar refractivity (Wildman–Crippen MR) is 46.7 cm³/mol. The van der Waals surface area contributed by atoms with Crippen LogP contribution in [0.3, 0.4) is 0 Å². The molecule has 3 heteroatoms. The third-order valence-corrected chi connectivity index (χ3v) is 1.26. The van der Waals surface area contributed by atoms with Gasteiger partial charge in [0.05, 0.1) is 0 Å². The van der Waals surface area contributed by atoms with E-state index in [0.29, 0.717) is 6.61 Å². The van der Waals surface area contributed by atoms with Gasteiger partial charge in [-0.05, 0) is 6.42 Å². The van der Waals surface area contributed by atoms with E-state index in [0.717, 1.165) is 6.42 Å². The Morgan fingerprint density at radius 3 is 1.90 bits per heavy atom. The first-order valence-electron chi connectivity index (χ1n) is 3.52. The lowest BCUT2D eigenvalue weighted by Crippen LogP contribution is -1.81. The van der Waals surface area contributed by atoms with E-state index >= 15 is 0 Å². The highest BCUT2D eigenvalue weighted by molar-refractivity contribution is 5.85. The molecule has 3 N–H and O–H groups in total. The minimum absolute atomic E-state index is 0. The molecule has 0 saturated heterocycles. The fraction of sp³-hybridized carbons (Fsp3) is 1.00. The molecule has 10 heavy (non-hydrogen) atoms. The van der Waals surface area contributed by atoms with Gasteiger partial charge in [-0.1, -0.05) is 32.6 Å². The van der Waals surface area contributed by atoms with Gasteiger partial charge in [-0.3, -0.25) is 0 Å². The Hall–Kier alpha value is 0.210. The van der Waals surface area contributed by atoms with Crippen molar-refractivity contribution in [2.45, 2.75) is 39.0 Å². The van der Waals surface area contributed by atoms with Gasteiger partial charge in [0.25, 0.3) is 0 Å². The van der Waals surface area contributed by atoms with Crippen LogP contribution in [0.15, 0.2) is 0 Å². The van der Waals surface area contributed by atoms with E-state index in [-0.39, 0.29) is 17.9 Å². The number of hydrogen-bond donors (Lipinski definition) is 1. The number of aliphatic hydroxyl groups excluding tert-OH is 1. The highest BCUT2D eigenvalue weighted by atomic mass is 35.5. The molecule has 0 rings (SSSR count). The minimum atomic E-state index is 0. The van der Waals surface area contributed by atoms with E-state index in [2.05, 4.69) is 6.92 Å². The zero-order chi connectivity index (χ0) is 6.24. The highest BCUT2D eigenvalue weighted by Crippen LogP contribution is 2.00. The molecule has 0 atom stereocenters. The zero-order valence-electron chi connectivity index (χ0n) is 6.60. The maximum absolute atomic E-state index is 8.37. The van der Waals surface area contributed by atoms with Crippen molar-refractivity contribution >= 4 is 12.4 Å². The third-order valence-electron chi connectivity index (χ3n) is 1.26. The number of halogens is 1. The summed E-state index contributed by atoms with van der Waals surface area (Å²) in [7, 11) is 0. The Bertz CT molecular complexity index is 36.6. The average molecular weight is 171 g/mol. The lowest BCUT2D eigenvalue weighted by Gasteiger charge is -1.93. The molecule has 0 aromatic heterocycles. The molecule has 0 amide bonds. The molecule has 0 saturated carbocycles. The Morgan fingerprint density at radius 2 is 1.50 bits per heavy atom. The molecule has 0 aliphatic carbocycles. The van der Waals surface area contributed by atoms with Crippen molar-refractivity contribution in [1.29, 1.82) is 0 Å². The first kappa shape index (κ1) is 16.7. The van der Waals surface area contributed by atoms with Crippen LogP contribution in [-0.2, 0) is 0 Å². The van der Waals surface area contributed by atoms with Gasteiger partial charge < -0.3 is 10.6 Å². The fourth-order valence-corrected chi connectivity index (χ4v) is 0.715. The van der Waals surface area contributed by atoms with Crippen LogP contribution in [-0.4, -0.2) is 17.2 Å². The summed E-state index contributed by atoms with van der Waals surface area (Å²) in [5.41, 5.74) is 0. The lowest BCUT2D eigenvalue weighted by molar-refractivity contribution is 0.282. The van der Waals surface area contributed by atoms with Crippen molar-refractivity contribution in [1.82, 2.24) is 0 Å². The summed E-state index contributed by atoms with van der Waals surface area (Å²) in [5, 5.41) is 8.37. The molecule has 0 bridgehead atoms. The van der Waals surface area contributed by atoms with E-state index in [1.165, 1.54) is 25.7 Å². The molecule has 0 aromatic rings. The van der Waals surface area contributed by atoms with Crippen LogP contribution >= 0.6 is 12.4 Å². The Balaban J connectivity index is -0.000000245.